The van der Waals surface area contributed by atoms with Crippen molar-refractivity contribution >= 4 is 11.6 Å². The molecular weight excluding hydrogens is 175 g/mol. The van der Waals surface area contributed by atoms with Gasteiger partial charge in [-0.15, -0.1) is 0 Å². The monoisotopic (exact) mass is 184 g/mol. The molecule has 0 saturated heterocycles. The topological polar surface area (TPSA) is 64.3 Å². The molecule has 0 unspecified atom stereocenters. The lowest BCUT2D eigenvalue weighted by Gasteiger charge is -2.03. The van der Waals surface area contributed by atoms with Gasteiger partial charge in [0.1, 0.15) is 5.82 Å². The minimum Gasteiger partial charge on any atom is -0.399 e. The van der Waals surface area contributed by atoms with Gasteiger partial charge < -0.3 is 5.73 Å². The molecule has 0 fully saturated rings. The number of carbonyl (C=O) groups excluding carboxylic acids is 1. The third-order valence-corrected chi connectivity index (χ3v) is 1.43. The lowest BCUT2D eigenvalue weighted by molar-refractivity contribution is 0.0533. The number of carbonyl (C=O) groups is 1. The predicted octanol–water partition coefficient (Wildman–Crippen LogP) is 0.699. The highest BCUT2D eigenvalue weighted by Gasteiger charge is 2.10. The summed E-state index contributed by atoms with van der Waals surface area (Å²) in [5, 5.41) is 0. The van der Waals surface area contributed by atoms with E-state index in [-0.39, 0.29) is 11.3 Å². The standard InChI is InChI=1S/C8H9FN2O2/c1-13-11-8(12)6-3-2-5(10)4-7(6)9/h2-4H,10H2,1H3,(H,11,12). The van der Waals surface area contributed by atoms with Crippen molar-refractivity contribution in [3.63, 3.8) is 0 Å². The quantitative estimate of drug-likeness (QED) is 0.525. The smallest absolute Gasteiger partial charge is 0.277 e. The molecule has 0 radical (unpaired) electrons. The van der Waals surface area contributed by atoms with Crippen LogP contribution in [0.3, 0.4) is 0 Å². The highest BCUT2D eigenvalue weighted by molar-refractivity contribution is 5.94. The van der Waals surface area contributed by atoms with Gasteiger partial charge in [-0.3, -0.25) is 9.63 Å². The lowest BCUT2D eigenvalue weighted by Crippen LogP contribution is -2.22. The van der Waals surface area contributed by atoms with Gasteiger partial charge >= 0.3 is 0 Å². The Morgan fingerprint density at radius 1 is 1.62 bits per heavy atom. The maximum atomic E-state index is 13.0. The summed E-state index contributed by atoms with van der Waals surface area (Å²) in [5.74, 6) is -1.31. The van der Waals surface area contributed by atoms with Crippen molar-refractivity contribution in [1.29, 1.82) is 0 Å². The van der Waals surface area contributed by atoms with E-state index in [2.05, 4.69) is 4.84 Å². The fourth-order valence-corrected chi connectivity index (χ4v) is 0.863. The number of hydroxylamine groups is 1. The summed E-state index contributed by atoms with van der Waals surface area (Å²) < 4.78 is 13.0. The molecule has 0 heterocycles. The van der Waals surface area contributed by atoms with Crippen LogP contribution in [0.15, 0.2) is 18.2 Å². The van der Waals surface area contributed by atoms with E-state index in [9.17, 15) is 9.18 Å². The second kappa shape index (κ2) is 3.86. The van der Waals surface area contributed by atoms with E-state index in [1.165, 1.54) is 19.2 Å². The molecule has 1 amide bonds. The molecule has 1 aromatic rings. The van der Waals surface area contributed by atoms with Gasteiger partial charge in [0, 0.05) is 5.69 Å². The summed E-state index contributed by atoms with van der Waals surface area (Å²) >= 11 is 0. The number of hydrogen-bond acceptors (Lipinski definition) is 3. The first kappa shape index (κ1) is 9.47. The summed E-state index contributed by atoms with van der Waals surface area (Å²) in [6, 6.07) is 3.80. The minimum absolute atomic E-state index is 0.101. The van der Waals surface area contributed by atoms with Crippen LogP contribution in [-0.2, 0) is 4.84 Å². The number of hydrogen-bond donors (Lipinski definition) is 2. The molecule has 1 aromatic carbocycles. The maximum absolute atomic E-state index is 13.0. The number of nitrogen functional groups attached to an aromatic ring is 1. The molecule has 0 aliphatic carbocycles. The van der Waals surface area contributed by atoms with E-state index in [1.807, 2.05) is 5.48 Å². The summed E-state index contributed by atoms with van der Waals surface area (Å²) in [5.41, 5.74) is 7.47. The van der Waals surface area contributed by atoms with Crippen molar-refractivity contribution < 1.29 is 14.0 Å². The second-order valence-corrected chi connectivity index (χ2v) is 2.37. The van der Waals surface area contributed by atoms with Gasteiger partial charge in [0.2, 0.25) is 0 Å². The summed E-state index contributed by atoms with van der Waals surface area (Å²) in [6.45, 7) is 0. The van der Waals surface area contributed by atoms with Gasteiger partial charge in [-0.05, 0) is 18.2 Å². The van der Waals surface area contributed by atoms with Crippen molar-refractivity contribution in [3.05, 3.63) is 29.6 Å². The second-order valence-electron chi connectivity index (χ2n) is 2.37. The van der Waals surface area contributed by atoms with Crippen LogP contribution in [0.1, 0.15) is 10.4 Å². The summed E-state index contributed by atoms with van der Waals surface area (Å²) in [7, 11) is 1.27. The highest BCUT2D eigenvalue weighted by Crippen LogP contribution is 2.11. The first-order valence-corrected chi connectivity index (χ1v) is 3.53. The molecule has 3 N–H and O–H groups in total. The zero-order valence-electron chi connectivity index (χ0n) is 7.00. The minimum atomic E-state index is -0.672. The number of halogens is 1. The van der Waals surface area contributed by atoms with Crippen LogP contribution in [0.5, 0.6) is 0 Å². The Morgan fingerprint density at radius 2 is 2.31 bits per heavy atom. The predicted molar refractivity (Wildman–Crippen MR) is 45.3 cm³/mol. The average molecular weight is 184 g/mol. The van der Waals surface area contributed by atoms with Crippen molar-refractivity contribution in [2.75, 3.05) is 12.8 Å². The van der Waals surface area contributed by atoms with Crippen LogP contribution in [0.2, 0.25) is 0 Å². The summed E-state index contributed by atoms with van der Waals surface area (Å²) in [6.07, 6.45) is 0. The van der Waals surface area contributed by atoms with Gasteiger partial charge in [-0.25, -0.2) is 9.87 Å². The van der Waals surface area contributed by atoms with Crippen molar-refractivity contribution in [2.24, 2.45) is 0 Å². The Balaban J connectivity index is 2.95. The Hall–Kier alpha value is -1.62. The molecule has 4 nitrogen and oxygen atoms in total. The molecular formula is C8H9FN2O2. The SMILES string of the molecule is CONC(=O)c1ccc(N)cc1F. The van der Waals surface area contributed by atoms with E-state index in [1.54, 1.807) is 0 Å². The van der Waals surface area contributed by atoms with E-state index in [4.69, 9.17) is 5.73 Å². The third kappa shape index (κ3) is 2.16. The van der Waals surface area contributed by atoms with E-state index >= 15 is 0 Å². The van der Waals surface area contributed by atoms with E-state index < -0.39 is 11.7 Å². The van der Waals surface area contributed by atoms with Crippen LogP contribution >= 0.6 is 0 Å². The Kier molecular flexibility index (Phi) is 2.81. The Bertz CT molecular complexity index is 328. The normalized spacial score (nSPS) is 9.69. The summed E-state index contributed by atoms with van der Waals surface area (Å²) in [4.78, 5) is 15.4. The highest BCUT2D eigenvalue weighted by atomic mass is 19.1. The van der Waals surface area contributed by atoms with Crippen molar-refractivity contribution in [3.8, 4) is 0 Å². The van der Waals surface area contributed by atoms with Crippen LogP contribution < -0.4 is 11.2 Å². The first-order chi connectivity index (χ1) is 6.15. The van der Waals surface area contributed by atoms with Crippen LogP contribution in [-0.4, -0.2) is 13.0 Å². The van der Waals surface area contributed by atoms with Crippen molar-refractivity contribution in [1.82, 2.24) is 5.48 Å². The molecule has 0 spiro atoms. The van der Waals surface area contributed by atoms with Crippen LogP contribution in [0.4, 0.5) is 10.1 Å². The van der Waals surface area contributed by atoms with Crippen LogP contribution in [0.25, 0.3) is 0 Å². The number of anilines is 1. The largest absolute Gasteiger partial charge is 0.399 e. The van der Waals surface area contributed by atoms with Gasteiger partial charge in [0.25, 0.3) is 5.91 Å². The fourth-order valence-electron chi connectivity index (χ4n) is 0.863. The van der Waals surface area contributed by atoms with Crippen molar-refractivity contribution in [2.45, 2.75) is 0 Å². The molecule has 13 heavy (non-hydrogen) atoms. The maximum Gasteiger partial charge on any atom is 0.277 e. The molecule has 0 aromatic heterocycles. The number of nitrogens with one attached hydrogen (secondary N) is 1. The number of nitrogens with two attached hydrogens (primary N) is 1. The molecule has 0 aliphatic rings. The number of rotatable bonds is 2. The molecule has 0 saturated carbocycles. The Morgan fingerprint density at radius 3 is 2.85 bits per heavy atom. The van der Waals surface area contributed by atoms with Gasteiger partial charge in [-0.1, -0.05) is 0 Å². The number of amides is 1. The molecule has 0 aliphatic heterocycles. The zero-order valence-corrected chi connectivity index (χ0v) is 7.00. The van der Waals surface area contributed by atoms with E-state index in [0.717, 1.165) is 6.07 Å². The fraction of sp³-hybridized carbons (Fsp3) is 0.125. The van der Waals surface area contributed by atoms with Gasteiger partial charge in [0.15, 0.2) is 0 Å². The van der Waals surface area contributed by atoms with E-state index in [0.29, 0.717) is 0 Å². The molecule has 70 valence electrons. The molecule has 0 atom stereocenters. The number of benzene rings is 1. The van der Waals surface area contributed by atoms with Gasteiger partial charge in [0.05, 0.1) is 12.7 Å². The average Bonchev–Trinajstić information content (AvgIpc) is 2.04. The first-order valence-electron chi connectivity index (χ1n) is 3.53. The van der Waals surface area contributed by atoms with Gasteiger partial charge in [-0.2, -0.15) is 0 Å². The Labute approximate surface area is 74.4 Å². The molecule has 0 bridgehead atoms. The van der Waals surface area contributed by atoms with Crippen LogP contribution in [0, 0.1) is 5.82 Å². The zero-order chi connectivity index (χ0) is 9.84. The molecule has 1 rings (SSSR count). The third-order valence-electron chi connectivity index (χ3n) is 1.43. The lowest BCUT2D eigenvalue weighted by atomic mass is 10.2. The molecule has 5 heteroatoms.